The second-order valence-corrected chi connectivity index (χ2v) is 4.78. The van der Waals surface area contributed by atoms with Crippen molar-refractivity contribution in [3.63, 3.8) is 0 Å². The molecule has 0 spiro atoms. The molecule has 0 unspecified atom stereocenters. The molecule has 5 heteroatoms. The zero-order valence-corrected chi connectivity index (χ0v) is 11.5. The summed E-state index contributed by atoms with van der Waals surface area (Å²) in [7, 11) is 1.82. The SMILES string of the molecule is Cn1cc(COc2ccc3ccccc3c2C(=O)O)cn1. The van der Waals surface area contributed by atoms with Gasteiger partial charge in [-0.3, -0.25) is 4.68 Å². The van der Waals surface area contributed by atoms with Gasteiger partial charge < -0.3 is 9.84 Å². The summed E-state index contributed by atoms with van der Waals surface area (Å²) < 4.78 is 7.35. The van der Waals surface area contributed by atoms with Crippen LogP contribution in [0.3, 0.4) is 0 Å². The Balaban J connectivity index is 1.97. The first kappa shape index (κ1) is 13.2. The van der Waals surface area contributed by atoms with E-state index in [1.54, 1.807) is 23.0 Å². The second-order valence-electron chi connectivity index (χ2n) is 4.78. The summed E-state index contributed by atoms with van der Waals surface area (Å²) in [5, 5.41) is 15.1. The van der Waals surface area contributed by atoms with Crippen molar-refractivity contribution in [1.82, 2.24) is 9.78 Å². The summed E-state index contributed by atoms with van der Waals surface area (Å²) in [5.41, 5.74) is 1.08. The predicted molar refractivity (Wildman–Crippen MR) is 78.4 cm³/mol. The van der Waals surface area contributed by atoms with Crippen molar-refractivity contribution in [2.45, 2.75) is 6.61 Å². The van der Waals surface area contributed by atoms with E-state index in [9.17, 15) is 9.90 Å². The van der Waals surface area contributed by atoms with E-state index in [1.165, 1.54) is 0 Å². The maximum Gasteiger partial charge on any atom is 0.340 e. The van der Waals surface area contributed by atoms with Gasteiger partial charge in [0.05, 0.1) is 6.20 Å². The Morgan fingerprint density at radius 3 is 2.81 bits per heavy atom. The maximum absolute atomic E-state index is 11.6. The van der Waals surface area contributed by atoms with E-state index in [2.05, 4.69) is 5.10 Å². The number of hydrogen-bond donors (Lipinski definition) is 1. The lowest BCUT2D eigenvalue weighted by molar-refractivity contribution is 0.0694. The fourth-order valence-corrected chi connectivity index (χ4v) is 2.30. The number of ether oxygens (including phenoxy) is 1. The van der Waals surface area contributed by atoms with Crippen molar-refractivity contribution in [3.05, 3.63) is 59.9 Å². The van der Waals surface area contributed by atoms with Crippen molar-refractivity contribution in [1.29, 1.82) is 0 Å². The van der Waals surface area contributed by atoms with Crippen LogP contribution in [0.25, 0.3) is 10.8 Å². The molecule has 0 aliphatic carbocycles. The molecular formula is C16H14N2O3. The van der Waals surface area contributed by atoms with E-state index in [1.807, 2.05) is 37.5 Å². The highest BCUT2D eigenvalue weighted by Crippen LogP contribution is 2.28. The number of fused-ring (bicyclic) bond motifs is 1. The molecule has 0 saturated heterocycles. The van der Waals surface area contributed by atoms with Crippen LogP contribution in [0.5, 0.6) is 5.75 Å². The quantitative estimate of drug-likeness (QED) is 0.799. The van der Waals surface area contributed by atoms with Gasteiger partial charge in [0.25, 0.3) is 0 Å². The number of hydrogen-bond acceptors (Lipinski definition) is 3. The Hall–Kier alpha value is -2.82. The van der Waals surface area contributed by atoms with Gasteiger partial charge >= 0.3 is 5.97 Å². The Bertz CT molecular complexity index is 808. The first-order valence-corrected chi connectivity index (χ1v) is 6.50. The van der Waals surface area contributed by atoms with Gasteiger partial charge in [-0.1, -0.05) is 30.3 Å². The van der Waals surface area contributed by atoms with Crippen LogP contribution in [-0.4, -0.2) is 20.9 Å². The molecule has 0 amide bonds. The molecule has 0 radical (unpaired) electrons. The Labute approximate surface area is 121 Å². The molecule has 5 nitrogen and oxygen atoms in total. The van der Waals surface area contributed by atoms with E-state index in [0.717, 1.165) is 10.9 Å². The molecule has 1 aromatic heterocycles. The number of rotatable bonds is 4. The summed E-state index contributed by atoms with van der Waals surface area (Å²) in [6, 6.07) is 10.9. The van der Waals surface area contributed by atoms with Crippen LogP contribution >= 0.6 is 0 Å². The molecule has 3 aromatic rings. The van der Waals surface area contributed by atoms with Gasteiger partial charge in [-0.25, -0.2) is 4.79 Å². The Morgan fingerprint density at radius 2 is 2.10 bits per heavy atom. The number of aromatic carboxylic acids is 1. The number of benzene rings is 2. The summed E-state index contributed by atoms with van der Waals surface area (Å²) >= 11 is 0. The molecule has 0 bridgehead atoms. The van der Waals surface area contributed by atoms with Gasteiger partial charge in [0, 0.05) is 18.8 Å². The van der Waals surface area contributed by atoms with Gasteiger partial charge in [0.1, 0.15) is 17.9 Å². The number of aromatic nitrogens is 2. The molecule has 21 heavy (non-hydrogen) atoms. The zero-order chi connectivity index (χ0) is 14.8. The van der Waals surface area contributed by atoms with Gasteiger partial charge in [0.15, 0.2) is 0 Å². The van der Waals surface area contributed by atoms with Crippen LogP contribution < -0.4 is 4.74 Å². The number of aryl methyl sites for hydroxylation is 1. The van der Waals surface area contributed by atoms with Crippen LogP contribution in [0, 0.1) is 0 Å². The highest BCUT2D eigenvalue weighted by molar-refractivity contribution is 6.06. The number of carboxylic acids is 1. The van der Waals surface area contributed by atoms with Crippen molar-refractivity contribution >= 4 is 16.7 Å². The van der Waals surface area contributed by atoms with Crippen LogP contribution in [0.15, 0.2) is 48.8 Å². The Kier molecular flexibility index (Phi) is 3.31. The molecule has 2 aromatic carbocycles. The van der Waals surface area contributed by atoms with Crippen LogP contribution in [0.2, 0.25) is 0 Å². The topological polar surface area (TPSA) is 64.3 Å². The first-order chi connectivity index (χ1) is 10.1. The van der Waals surface area contributed by atoms with E-state index >= 15 is 0 Å². The standard InChI is InChI=1S/C16H14N2O3/c1-18-9-11(8-17-18)10-21-14-7-6-12-4-2-3-5-13(12)15(14)16(19)20/h2-9H,10H2,1H3,(H,19,20). The second kappa shape index (κ2) is 5.28. The molecule has 0 fully saturated rings. The molecule has 0 aliphatic rings. The Morgan fingerprint density at radius 1 is 1.29 bits per heavy atom. The minimum absolute atomic E-state index is 0.192. The van der Waals surface area contributed by atoms with Crippen molar-refractivity contribution in [2.24, 2.45) is 7.05 Å². The first-order valence-electron chi connectivity index (χ1n) is 6.50. The number of nitrogens with zero attached hydrogens (tertiary/aromatic N) is 2. The highest BCUT2D eigenvalue weighted by Gasteiger charge is 2.15. The van der Waals surface area contributed by atoms with E-state index in [0.29, 0.717) is 11.1 Å². The molecule has 3 rings (SSSR count). The smallest absolute Gasteiger partial charge is 0.340 e. The minimum Gasteiger partial charge on any atom is -0.488 e. The molecule has 106 valence electrons. The average Bonchev–Trinajstić information content (AvgIpc) is 2.89. The van der Waals surface area contributed by atoms with Crippen LogP contribution in [0.1, 0.15) is 15.9 Å². The molecule has 1 heterocycles. The third-order valence-electron chi connectivity index (χ3n) is 3.26. The molecule has 0 aliphatic heterocycles. The molecule has 1 N–H and O–H groups in total. The van der Waals surface area contributed by atoms with Crippen molar-refractivity contribution in [3.8, 4) is 5.75 Å². The maximum atomic E-state index is 11.6. The normalized spacial score (nSPS) is 10.7. The third kappa shape index (κ3) is 2.58. The lowest BCUT2D eigenvalue weighted by atomic mass is 10.0. The number of carboxylic acid groups (broad SMARTS) is 1. The summed E-state index contributed by atoms with van der Waals surface area (Å²) in [6.07, 6.45) is 3.53. The van der Waals surface area contributed by atoms with Crippen molar-refractivity contribution in [2.75, 3.05) is 0 Å². The predicted octanol–water partition coefficient (Wildman–Crippen LogP) is 2.85. The molecular weight excluding hydrogens is 268 g/mol. The lowest BCUT2D eigenvalue weighted by Gasteiger charge is -2.10. The highest BCUT2D eigenvalue weighted by atomic mass is 16.5. The summed E-state index contributed by atoms with van der Waals surface area (Å²) in [6.45, 7) is 0.284. The third-order valence-corrected chi connectivity index (χ3v) is 3.26. The molecule has 0 saturated carbocycles. The van der Waals surface area contributed by atoms with E-state index in [-0.39, 0.29) is 12.2 Å². The summed E-state index contributed by atoms with van der Waals surface area (Å²) in [5.74, 6) is -0.627. The fraction of sp³-hybridized carbons (Fsp3) is 0.125. The van der Waals surface area contributed by atoms with Crippen LogP contribution in [0.4, 0.5) is 0 Å². The minimum atomic E-state index is -0.993. The number of carbonyl (C=O) groups is 1. The largest absolute Gasteiger partial charge is 0.488 e. The van der Waals surface area contributed by atoms with Crippen LogP contribution in [-0.2, 0) is 13.7 Å². The average molecular weight is 282 g/mol. The summed E-state index contributed by atoms with van der Waals surface area (Å²) in [4.78, 5) is 11.6. The fourth-order valence-electron chi connectivity index (χ4n) is 2.30. The van der Waals surface area contributed by atoms with Gasteiger partial charge in [0.2, 0.25) is 0 Å². The lowest BCUT2D eigenvalue weighted by Crippen LogP contribution is -2.04. The van der Waals surface area contributed by atoms with Gasteiger partial charge in [-0.15, -0.1) is 0 Å². The monoisotopic (exact) mass is 282 g/mol. The van der Waals surface area contributed by atoms with Gasteiger partial charge in [-0.2, -0.15) is 5.10 Å². The van der Waals surface area contributed by atoms with E-state index in [4.69, 9.17) is 4.74 Å². The molecule has 0 atom stereocenters. The van der Waals surface area contributed by atoms with E-state index < -0.39 is 5.97 Å². The van der Waals surface area contributed by atoms with Crippen molar-refractivity contribution < 1.29 is 14.6 Å². The zero-order valence-electron chi connectivity index (χ0n) is 11.5. The van der Waals surface area contributed by atoms with Gasteiger partial charge in [-0.05, 0) is 16.8 Å².